The molecule has 1 aliphatic heterocycles. The summed E-state index contributed by atoms with van der Waals surface area (Å²) in [6, 6.07) is 9.21. The summed E-state index contributed by atoms with van der Waals surface area (Å²) in [5.74, 6) is -0.208. The fraction of sp³-hybridized carbons (Fsp3) is 0.385. The zero-order valence-corrected chi connectivity index (χ0v) is 9.63. The van der Waals surface area contributed by atoms with E-state index in [-0.39, 0.29) is 24.4 Å². The van der Waals surface area contributed by atoms with Crippen LogP contribution in [0.4, 0.5) is 0 Å². The monoisotopic (exact) mass is 232 g/mol. The van der Waals surface area contributed by atoms with E-state index in [0.717, 1.165) is 5.56 Å². The van der Waals surface area contributed by atoms with Gasteiger partial charge in [0.2, 0.25) is 11.8 Å². The predicted octanol–water partition coefficient (Wildman–Crippen LogP) is 1.23. The quantitative estimate of drug-likeness (QED) is 0.797. The Morgan fingerprint density at radius 1 is 1.12 bits per heavy atom. The van der Waals surface area contributed by atoms with Crippen LogP contribution in [0.2, 0.25) is 0 Å². The van der Waals surface area contributed by atoms with Gasteiger partial charge in [0, 0.05) is 25.4 Å². The summed E-state index contributed by atoms with van der Waals surface area (Å²) in [6.07, 6.45) is 1.56. The van der Waals surface area contributed by atoms with Crippen molar-refractivity contribution in [2.45, 2.75) is 25.3 Å². The number of nitrogens with two attached hydrogens (primary N) is 1. The molecule has 0 aromatic heterocycles. The Bertz CT molecular complexity index is 401. The van der Waals surface area contributed by atoms with Crippen LogP contribution in [0.5, 0.6) is 0 Å². The van der Waals surface area contributed by atoms with Crippen LogP contribution in [-0.4, -0.2) is 23.3 Å². The minimum atomic E-state index is -0.304. The molecule has 2 amide bonds. The van der Waals surface area contributed by atoms with E-state index in [4.69, 9.17) is 5.73 Å². The van der Waals surface area contributed by atoms with Crippen LogP contribution < -0.4 is 5.73 Å². The molecule has 4 heteroatoms. The average molecular weight is 232 g/mol. The van der Waals surface area contributed by atoms with Crippen molar-refractivity contribution in [3.8, 4) is 0 Å². The Balaban J connectivity index is 2.05. The first-order valence-corrected chi connectivity index (χ1v) is 5.82. The molecule has 1 heterocycles. The Kier molecular flexibility index (Phi) is 3.54. The molecule has 1 aromatic rings. The van der Waals surface area contributed by atoms with Crippen LogP contribution in [0, 0.1) is 0 Å². The fourth-order valence-corrected chi connectivity index (χ4v) is 2.01. The van der Waals surface area contributed by atoms with Gasteiger partial charge in [-0.05, 0) is 12.0 Å². The largest absolute Gasteiger partial charge is 0.322 e. The summed E-state index contributed by atoms with van der Waals surface area (Å²) in [6.45, 7) is 0.279. The van der Waals surface area contributed by atoms with Crippen molar-refractivity contribution in [2.24, 2.45) is 5.73 Å². The smallest absolute Gasteiger partial charge is 0.229 e. The second-order valence-corrected chi connectivity index (χ2v) is 4.27. The molecule has 17 heavy (non-hydrogen) atoms. The van der Waals surface area contributed by atoms with Gasteiger partial charge in [-0.25, -0.2) is 0 Å². The summed E-state index contributed by atoms with van der Waals surface area (Å²) in [7, 11) is 0. The number of hydrogen-bond donors (Lipinski definition) is 1. The standard InChI is InChI=1S/C13H16N2O2/c14-11(10-5-2-1-3-6-10)9-15-12(16)7-4-8-13(15)17/h1-3,5-6,11H,4,7-9,14H2. The number of imide groups is 1. The van der Waals surface area contributed by atoms with Gasteiger partial charge in [-0.3, -0.25) is 14.5 Å². The molecule has 1 aliphatic rings. The number of nitrogens with zero attached hydrogens (tertiary/aromatic N) is 1. The number of benzene rings is 1. The molecule has 90 valence electrons. The summed E-state index contributed by atoms with van der Waals surface area (Å²) in [4.78, 5) is 24.5. The fourth-order valence-electron chi connectivity index (χ4n) is 2.01. The second kappa shape index (κ2) is 5.10. The van der Waals surface area contributed by atoms with Crippen LogP contribution >= 0.6 is 0 Å². The van der Waals surface area contributed by atoms with Gasteiger partial charge >= 0.3 is 0 Å². The minimum Gasteiger partial charge on any atom is -0.322 e. The topological polar surface area (TPSA) is 63.4 Å². The number of carbonyl (C=O) groups excluding carboxylic acids is 2. The van der Waals surface area contributed by atoms with Gasteiger partial charge < -0.3 is 5.73 Å². The Labute approximate surface area is 100 Å². The highest BCUT2D eigenvalue weighted by Crippen LogP contribution is 2.17. The number of amides is 2. The molecule has 0 aliphatic carbocycles. The van der Waals surface area contributed by atoms with E-state index in [1.54, 1.807) is 0 Å². The SMILES string of the molecule is NC(CN1C(=O)CCCC1=O)c1ccccc1. The molecule has 0 bridgehead atoms. The lowest BCUT2D eigenvalue weighted by Crippen LogP contribution is -2.43. The lowest BCUT2D eigenvalue weighted by atomic mass is 10.0. The van der Waals surface area contributed by atoms with Crippen LogP contribution in [0.3, 0.4) is 0 Å². The molecule has 0 saturated carbocycles. The van der Waals surface area contributed by atoms with E-state index < -0.39 is 0 Å². The van der Waals surface area contributed by atoms with E-state index in [1.165, 1.54) is 4.90 Å². The number of hydrogen-bond acceptors (Lipinski definition) is 3. The first kappa shape index (κ1) is 11.8. The van der Waals surface area contributed by atoms with E-state index in [9.17, 15) is 9.59 Å². The highest BCUT2D eigenvalue weighted by atomic mass is 16.2. The summed E-state index contributed by atoms with van der Waals surface area (Å²) >= 11 is 0. The first-order chi connectivity index (χ1) is 8.18. The molecule has 2 rings (SSSR count). The van der Waals surface area contributed by atoms with Gasteiger partial charge in [0.15, 0.2) is 0 Å². The zero-order chi connectivity index (χ0) is 12.3. The highest BCUT2D eigenvalue weighted by Gasteiger charge is 2.27. The number of carbonyl (C=O) groups is 2. The van der Waals surface area contributed by atoms with Gasteiger partial charge in [0.05, 0.1) is 0 Å². The number of rotatable bonds is 3. The minimum absolute atomic E-state index is 0.104. The molecule has 4 nitrogen and oxygen atoms in total. The van der Waals surface area contributed by atoms with E-state index >= 15 is 0 Å². The van der Waals surface area contributed by atoms with Crippen molar-refractivity contribution in [1.29, 1.82) is 0 Å². The van der Waals surface area contributed by atoms with Crippen molar-refractivity contribution < 1.29 is 9.59 Å². The molecule has 1 atom stereocenters. The molecule has 1 fully saturated rings. The van der Waals surface area contributed by atoms with Gasteiger partial charge in [-0.1, -0.05) is 30.3 Å². The molecular formula is C13H16N2O2. The van der Waals surface area contributed by atoms with Crippen molar-refractivity contribution in [3.05, 3.63) is 35.9 Å². The van der Waals surface area contributed by atoms with Crippen molar-refractivity contribution in [2.75, 3.05) is 6.54 Å². The molecule has 1 saturated heterocycles. The molecule has 0 radical (unpaired) electrons. The van der Waals surface area contributed by atoms with Crippen LogP contribution in [0.25, 0.3) is 0 Å². The van der Waals surface area contributed by atoms with E-state index in [0.29, 0.717) is 19.3 Å². The third-order valence-electron chi connectivity index (χ3n) is 2.99. The number of likely N-dealkylation sites (tertiary alicyclic amines) is 1. The summed E-state index contributed by atoms with van der Waals surface area (Å²) in [5.41, 5.74) is 6.95. The molecule has 2 N–H and O–H groups in total. The third kappa shape index (κ3) is 2.71. The van der Waals surface area contributed by atoms with E-state index in [1.807, 2.05) is 30.3 Å². The lowest BCUT2D eigenvalue weighted by Gasteiger charge is -2.27. The molecule has 1 unspecified atom stereocenters. The van der Waals surface area contributed by atoms with Gasteiger partial charge in [-0.15, -0.1) is 0 Å². The van der Waals surface area contributed by atoms with Gasteiger partial charge in [0.1, 0.15) is 0 Å². The van der Waals surface area contributed by atoms with Crippen LogP contribution in [-0.2, 0) is 9.59 Å². The lowest BCUT2D eigenvalue weighted by molar-refractivity contribution is -0.148. The van der Waals surface area contributed by atoms with Crippen molar-refractivity contribution in [1.82, 2.24) is 4.90 Å². The maximum absolute atomic E-state index is 11.6. The third-order valence-corrected chi connectivity index (χ3v) is 2.99. The Morgan fingerprint density at radius 2 is 1.71 bits per heavy atom. The maximum Gasteiger partial charge on any atom is 0.229 e. The van der Waals surface area contributed by atoms with Crippen LogP contribution in [0.15, 0.2) is 30.3 Å². The Morgan fingerprint density at radius 3 is 2.29 bits per heavy atom. The van der Waals surface area contributed by atoms with Crippen molar-refractivity contribution in [3.63, 3.8) is 0 Å². The molecule has 0 spiro atoms. The van der Waals surface area contributed by atoms with Gasteiger partial charge in [0.25, 0.3) is 0 Å². The van der Waals surface area contributed by atoms with Crippen LogP contribution in [0.1, 0.15) is 30.9 Å². The predicted molar refractivity (Wildman–Crippen MR) is 63.9 cm³/mol. The molecule has 1 aromatic carbocycles. The van der Waals surface area contributed by atoms with Crippen molar-refractivity contribution >= 4 is 11.8 Å². The van der Waals surface area contributed by atoms with E-state index in [2.05, 4.69) is 0 Å². The first-order valence-electron chi connectivity index (χ1n) is 5.82. The average Bonchev–Trinajstić information content (AvgIpc) is 2.35. The summed E-state index contributed by atoms with van der Waals surface area (Å²) in [5, 5.41) is 0. The molecular weight excluding hydrogens is 216 g/mol. The Hall–Kier alpha value is -1.68. The highest BCUT2D eigenvalue weighted by molar-refractivity contribution is 5.97. The second-order valence-electron chi connectivity index (χ2n) is 4.27. The zero-order valence-electron chi connectivity index (χ0n) is 9.63. The van der Waals surface area contributed by atoms with Gasteiger partial charge in [-0.2, -0.15) is 0 Å². The normalized spacial score (nSPS) is 18.3. The number of piperidine rings is 1. The summed E-state index contributed by atoms with van der Waals surface area (Å²) < 4.78 is 0. The maximum atomic E-state index is 11.6.